The van der Waals surface area contributed by atoms with Gasteiger partial charge in [0, 0.05) is 24.3 Å². The van der Waals surface area contributed by atoms with Crippen molar-refractivity contribution in [2.24, 2.45) is 0 Å². The molecule has 0 spiro atoms. The van der Waals surface area contributed by atoms with Crippen molar-refractivity contribution in [2.45, 2.75) is 26.3 Å². The second-order valence-corrected chi connectivity index (χ2v) is 4.10. The van der Waals surface area contributed by atoms with Gasteiger partial charge in [-0.2, -0.15) is 5.10 Å². The van der Waals surface area contributed by atoms with E-state index in [9.17, 15) is 0 Å². The second kappa shape index (κ2) is 4.70. The number of nitrogens with zero attached hydrogens (tertiary/aromatic N) is 3. The Morgan fingerprint density at radius 3 is 3.06 bits per heavy atom. The van der Waals surface area contributed by atoms with Crippen LogP contribution in [-0.2, 0) is 0 Å². The van der Waals surface area contributed by atoms with E-state index in [1.54, 1.807) is 6.20 Å². The maximum atomic E-state index is 5.86. The van der Waals surface area contributed by atoms with E-state index in [4.69, 9.17) is 11.6 Å². The van der Waals surface area contributed by atoms with E-state index in [1.807, 2.05) is 23.7 Å². The van der Waals surface area contributed by atoms with Crippen LogP contribution in [0.2, 0.25) is 0 Å². The molecule has 1 unspecified atom stereocenters. The minimum Gasteiger partial charge on any atom is -0.364 e. The summed E-state index contributed by atoms with van der Waals surface area (Å²) in [5, 5.41) is 7.67. The lowest BCUT2D eigenvalue weighted by atomic mass is 10.2. The van der Waals surface area contributed by atoms with Crippen molar-refractivity contribution in [1.82, 2.24) is 14.6 Å². The van der Waals surface area contributed by atoms with Gasteiger partial charge in [0.05, 0.1) is 5.69 Å². The molecule has 2 rings (SSSR count). The lowest BCUT2D eigenvalue weighted by Crippen LogP contribution is -2.21. The van der Waals surface area contributed by atoms with Gasteiger partial charge in [-0.25, -0.2) is 9.50 Å². The van der Waals surface area contributed by atoms with Crippen LogP contribution in [0.3, 0.4) is 0 Å². The maximum Gasteiger partial charge on any atom is 0.152 e. The van der Waals surface area contributed by atoms with E-state index in [0.29, 0.717) is 5.88 Å². The predicted molar refractivity (Wildman–Crippen MR) is 66.1 cm³/mol. The van der Waals surface area contributed by atoms with Gasteiger partial charge >= 0.3 is 0 Å². The molecular weight excluding hydrogens is 224 g/mol. The van der Waals surface area contributed by atoms with Gasteiger partial charge in [0.2, 0.25) is 0 Å². The van der Waals surface area contributed by atoms with Crippen molar-refractivity contribution >= 4 is 22.9 Å². The summed E-state index contributed by atoms with van der Waals surface area (Å²) in [7, 11) is 0. The number of aromatic nitrogens is 3. The highest BCUT2D eigenvalue weighted by atomic mass is 35.5. The zero-order valence-electron chi connectivity index (χ0n) is 9.44. The summed E-state index contributed by atoms with van der Waals surface area (Å²) in [5.41, 5.74) is 1.97. The largest absolute Gasteiger partial charge is 0.364 e. The summed E-state index contributed by atoms with van der Waals surface area (Å²) in [6.45, 7) is 4.07. The lowest BCUT2D eigenvalue weighted by Gasteiger charge is -2.14. The Balaban J connectivity index is 2.36. The van der Waals surface area contributed by atoms with Crippen molar-refractivity contribution in [3.63, 3.8) is 0 Å². The number of nitrogens with one attached hydrogen (secondary N) is 1. The zero-order chi connectivity index (χ0) is 11.5. The highest BCUT2D eigenvalue weighted by molar-refractivity contribution is 6.18. The van der Waals surface area contributed by atoms with E-state index in [-0.39, 0.29) is 6.04 Å². The average Bonchev–Trinajstić information content (AvgIpc) is 2.67. The van der Waals surface area contributed by atoms with Gasteiger partial charge in [-0.15, -0.1) is 11.6 Å². The first-order chi connectivity index (χ1) is 7.74. The smallest absolute Gasteiger partial charge is 0.152 e. The number of hydrogen-bond donors (Lipinski definition) is 1. The number of fused-ring (bicyclic) bond motifs is 1. The summed E-state index contributed by atoms with van der Waals surface area (Å²) in [4.78, 5) is 4.33. The third-order valence-electron chi connectivity index (χ3n) is 2.53. The molecule has 2 aromatic heterocycles. The number of aryl methyl sites for hydroxylation is 1. The predicted octanol–water partition coefficient (Wildman–Crippen LogP) is 2.47. The van der Waals surface area contributed by atoms with Crippen LogP contribution in [0, 0.1) is 6.92 Å². The Morgan fingerprint density at radius 2 is 2.38 bits per heavy atom. The van der Waals surface area contributed by atoms with Crippen LogP contribution in [-0.4, -0.2) is 26.5 Å². The molecule has 4 nitrogen and oxygen atoms in total. The molecule has 86 valence electrons. The van der Waals surface area contributed by atoms with Crippen molar-refractivity contribution in [2.75, 3.05) is 11.2 Å². The number of alkyl halides is 1. The average molecular weight is 239 g/mol. The Bertz CT molecular complexity index is 476. The van der Waals surface area contributed by atoms with E-state index in [2.05, 4.69) is 22.3 Å². The van der Waals surface area contributed by atoms with Crippen molar-refractivity contribution in [3.8, 4) is 0 Å². The molecule has 0 saturated carbocycles. The molecule has 0 fully saturated rings. The number of anilines is 1. The standard InChI is InChI=1S/C11H15ClN4/c1-3-9(7-12)14-11-10-6-8(2)15-16(10)5-4-13-11/h4-6,9H,3,7H2,1-2H3,(H,13,14). The third kappa shape index (κ3) is 2.11. The Morgan fingerprint density at radius 1 is 1.56 bits per heavy atom. The normalized spacial score (nSPS) is 12.9. The molecule has 5 heteroatoms. The monoisotopic (exact) mass is 238 g/mol. The maximum absolute atomic E-state index is 5.86. The molecule has 0 bridgehead atoms. The Kier molecular flexibility index (Phi) is 3.29. The van der Waals surface area contributed by atoms with Gasteiger partial charge in [-0.3, -0.25) is 0 Å². The summed E-state index contributed by atoms with van der Waals surface area (Å²) >= 11 is 5.86. The third-order valence-corrected chi connectivity index (χ3v) is 2.90. The van der Waals surface area contributed by atoms with Crippen LogP contribution in [0.1, 0.15) is 19.0 Å². The van der Waals surface area contributed by atoms with Crippen LogP contribution in [0.4, 0.5) is 5.82 Å². The fourth-order valence-corrected chi connectivity index (χ4v) is 1.89. The fraction of sp³-hybridized carbons (Fsp3) is 0.455. The Hall–Kier alpha value is -1.29. The summed E-state index contributed by atoms with van der Waals surface area (Å²) in [6, 6.07) is 2.26. The van der Waals surface area contributed by atoms with Gasteiger partial charge in [-0.1, -0.05) is 6.92 Å². The lowest BCUT2D eigenvalue weighted by molar-refractivity contribution is 0.764. The Labute approximate surface area is 99.6 Å². The first kappa shape index (κ1) is 11.2. The zero-order valence-corrected chi connectivity index (χ0v) is 10.2. The van der Waals surface area contributed by atoms with Crippen LogP contribution in [0.15, 0.2) is 18.5 Å². The van der Waals surface area contributed by atoms with Gasteiger partial charge in [-0.05, 0) is 19.4 Å². The molecule has 2 heterocycles. The molecule has 0 aromatic carbocycles. The topological polar surface area (TPSA) is 42.2 Å². The number of rotatable bonds is 4. The first-order valence-electron chi connectivity index (χ1n) is 5.38. The molecule has 1 atom stereocenters. The molecule has 0 aliphatic heterocycles. The quantitative estimate of drug-likeness (QED) is 0.833. The molecule has 0 saturated heterocycles. The van der Waals surface area contributed by atoms with Crippen LogP contribution in [0.25, 0.3) is 5.52 Å². The molecule has 1 N–H and O–H groups in total. The molecule has 0 aliphatic rings. The SMILES string of the molecule is CCC(CCl)Nc1nccn2nc(C)cc12. The molecule has 0 radical (unpaired) electrons. The van der Waals surface area contributed by atoms with Gasteiger partial charge in [0.1, 0.15) is 5.52 Å². The molecule has 0 amide bonds. The van der Waals surface area contributed by atoms with Crippen LogP contribution < -0.4 is 5.32 Å². The molecular formula is C11H15ClN4. The number of hydrogen-bond acceptors (Lipinski definition) is 3. The van der Waals surface area contributed by atoms with E-state index in [0.717, 1.165) is 23.4 Å². The summed E-state index contributed by atoms with van der Waals surface area (Å²) in [5.74, 6) is 1.42. The highest BCUT2D eigenvalue weighted by Gasteiger charge is 2.09. The summed E-state index contributed by atoms with van der Waals surface area (Å²) in [6.07, 6.45) is 4.55. The van der Waals surface area contributed by atoms with Crippen molar-refractivity contribution < 1.29 is 0 Å². The summed E-state index contributed by atoms with van der Waals surface area (Å²) < 4.78 is 1.83. The minimum atomic E-state index is 0.246. The molecule has 2 aromatic rings. The van der Waals surface area contributed by atoms with E-state index >= 15 is 0 Å². The highest BCUT2D eigenvalue weighted by Crippen LogP contribution is 2.16. The van der Waals surface area contributed by atoms with Crippen molar-refractivity contribution in [3.05, 3.63) is 24.2 Å². The first-order valence-corrected chi connectivity index (χ1v) is 5.91. The van der Waals surface area contributed by atoms with Crippen molar-refractivity contribution in [1.29, 1.82) is 0 Å². The van der Waals surface area contributed by atoms with Gasteiger partial charge < -0.3 is 5.32 Å². The molecule has 16 heavy (non-hydrogen) atoms. The second-order valence-electron chi connectivity index (χ2n) is 3.80. The number of halogens is 1. The van der Waals surface area contributed by atoms with E-state index in [1.165, 1.54) is 0 Å². The van der Waals surface area contributed by atoms with Crippen LogP contribution >= 0.6 is 11.6 Å². The van der Waals surface area contributed by atoms with Crippen LogP contribution in [0.5, 0.6) is 0 Å². The minimum absolute atomic E-state index is 0.246. The van der Waals surface area contributed by atoms with Gasteiger partial charge in [0.15, 0.2) is 5.82 Å². The van der Waals surface area contributed by atoms with E-state index < -0.39 is 0 Å². The van der Waals surface area contributed by atoms with Gasteiger partial charge in [0.25, 0.3) is 0 Å². The fourth-order valence-electron chi connectivity index (χ4n) is 1.60. The molecule has 0 aliphatic carbocycles.